The molecule has 8 unspecified atom stereocenters. The van der Waals surface area contributed by atoms with Crippen LogP contribution in [-0.2, 0) is 16.6 Å². The zero-order valence-corrected chi connectivity index (χ0v) is 28.3. The SMILES string of the molecule is CC12CCC(O)CC13C=CC1(C(C(=O)c4ccco4)=C3)C2CCC2(C)C1CCC2(O)CN(Cc1cccc2ccccc12)S(C)(=O)=O. The van der Waals surface area contributed by atoms with Gasteiger partial charge >= 0.3 is 0 Å². The molecule has 8 atom stereocenters. The molecule has 8 heteroatoms. The normalized spacial score (nSPS) is 39.0. The minimum absolute atomic E-state index is 0.00884. The van der Waals surface area contributed by atoms with Crippen molar-refractivity contribution in [2.24, 2.45) is 33.5 Å². The quantitative estimate of drug-likeness (QED) is 0.218. The van der Waals surface area contributed by atoms with Crippen LogP contribution in [0.15, 0.2) is 89.1 Å². The molecule has 1 heterocycles. The van der Waals surface area contributed by atoms with E-state index in [9.17, 15) is 23.4 Å². The highest BCUT2D eigenvalue weighted by molar-refractivity contribution is 7.88. The number of aliphatic hydroxyl groups is 2. The van der Waals surface area contributed by atoms with E-state index in [1.807, 2.05) is 42.5 Å². The number of fused-ring (bicyclic) bond motifs is 2. The van der Waals surface area contributed by atoms with Crippen LogP contribution in [0.2, 0.25) is 0 Å². The van der Waals surface area contributed by atoms with Crippen molar-refractivity contribution < 1.29 is 27.8 Å². The minimum Gasteiger partial charge on any atom is -0.461 e. The first-order chi connectivity index (χ1) is 22.3. The van der Waals surface area contributed by atoms with Gasteiger partial charge in [0, 0.05) is 34.9 Å². The van der Waals surface area contributed by atoms with E-state index in [0.717, 1.165) is 47.6 Å². The predicted molar refractivity (Wildman–Crippen MR) is 181 cm³/mol. The molecule has 2 N–H and O–H groups in total. The lowest BCUT2D eigenvalue weighted by atomic mass is 9.32. The van der Waals surface area contributed by atoms with Gasteiger partial charge in [-0.25, -0.2) is 8.42 Å². The lowest BCUT2D eigenvalue weighted by molar-refractivity contribution is -0.173. The number of aliphatic hydroxyl groups excluding tert-OH is 1. The van der Waals surface area contributed by atoms with E-state index >= 15 is 0 Å². The number of rotatable bonds is 7. The second-order valence-corrected chi connectivity index (χ2v) is 17.8. The molecule has 6 aliphatic carbocycles. The minimum atomic E-state index is -3.69. The Balaban J connectivity index is 1.21. The number of hydrogen-bond acceptors (Lipinski definition) is 6. The highest BCUT2D eigenvalue weighted by Crippen LogP contribution is 2.78. The fraction of sp³-hybridized carbons (Fsp3) is 0.513. The van der Waals surface area contributed by atoms with E-state index in [1.165, 1.54) is 16.8 Å². The fourth-order valence-corrected chi connectivity index (χ4v) is 12.2. The summed E-state index contributed by atoms with van der Waals surface area (Å²) in [5.41, 5.74) is -1.53. The van der Waals surface area contributed by atoms with Gasteiger partial charge in [0.1, 0.15) is 0 Å². The molecule has 2 spiro atoms. The summed E-state index contributed by atoms with van der Waals surface area (Å²) < 4.78 is 34.0. The Labute approximate surface area is 277 Å². The van der Waals surface area contributed by atoms with Crippen molar-refractivity contribution in [3.05, 3.63) is 96.0 Å². The maximum absolute atomic E-state index is 14.4. The maximum atomic E-state index is 14.4. The molecule has 0 radical (unpaired) electrons. The summed E-state index contributed by atoms with van der Waals surface area (Å²) in [5, 5.41) is 25.8. The van der Waals surface area contributed by atoms with Crippen LogP contribution in [0.4, 0.5) is 0 Å². The molecule has 3 saturated carbocycles. The van der Waals surface area contributed by atoms with E-state index in [2.05, 4.69) is 32.1 Å². The number of carbonyl (C=O) groups is 1. The van der Waals surface area contributed by atoms with Crippen LogP contribution in [-0.4, -0.2) is 53.2 Å². The summed E-state index contributed by atoms with van der Waals surface area (Å²) in [6.45, 7) is 4.65. The predicted octanol–water partition coefficient (Wildman–Crippen LogP) is 6.67. The van der Waals surface area contributed by atoms with Crippen molar-refractivity contribution in [1.82, 2.24) is 4.31 Å². The first kappa shape index (κ1) is 31.2. The van der Waals surface area contributed by atoms with Crippen LogP contribution in [0, 0.1) is 33.5 Å². The van der Waals surface area contributed by atoms with E-state index in [4.69, 9.17) is 4.42 Å². The van der Waals surface area contributed by atoms with Gasteiger partial charge in [0.25, 0.3) is 0 Å². The maximum Gasteiger partial charge on any atom is 0.224 e. The van der Waals surface area contributed by atoms with Gasteiger partial charge in [0.2, 0.25) is 15.8 Å². The van der Waals surface area contributed by atoms with Crippen molar-refractivity contribution in [3.63, 3.8) is 0 Å². The van der Waals surface area contributed by atoms with Crippen LogP contribution in [0.5, 0.6) is 0 Å². The van der Waals surface area contributed by atoms with Crippen LogP contribution in [0.1, 0.15) is 74.9 Å². The zero-order valence-electron chi connectivity index (χ0n) is 27.5. The summed E-state index contributed by atoms with van der Waals surface area (Å²) in [6, 6.07) is 17.4. The molecular formula is C39H45NO6S. The second kappa shape index (κ2) is 10.2. The molecule has 2 bridgehead atoms. The molecule has 0 saturated heterocycles. The average molecular weight is 656 g/mol. The Hall–Kier alpha value is -3.04. The molecule has 47 heavy (non-hydrogen) atoms. The highest BCUT2D eigenvalue weighted by atomic mass is 32.2. The Morgan fingerprint density at radius 2 is 1.66 bits per heavy atom. The zero-order chi connectivity index (χ0) is 33.0. The number of nitrogens with zero attached hydrogens (tertiary/aromatic N) is 1. The molecule has 1 aromatic heterocycles. The third-order valence-electron chi connectivity index (χ3n) is 13.8. The summed E-state index contributed by atoms with van der Waals surface area (Å²) in [4.78, 5) is 14.4. The van der Waals surface area contributed by atoms with Gasteiger partial charge in [-0.1, -0.05) is 74.5 Å². The summed E-state index contributed by atoms with van der Waals surface area (Å²) in [6.07, 6.45) is 13.9. The Morgan fingerprint density at radius 3 is 2.43 bits per heavy atom. The number of carbonyl (C=O) groups excluding carboxylic acids is 1. The van der Waals surface area contributed by atoms with Gasteiger partial charge < -0.3 is 14.6 Å². The molecule has 7 nitrogen and oxygen atoms in total. The fourth-order valence-electron chi connectivity index (χ4n) is 11.3. The van der Waals surface area contributed by atoms with Gasteiger partial charge in [-0.05, 0) is 90.7 Å². The molecular weight excluding hydrogens is 610 g/mol. The summed E-state index contributed by atoms with van der Waals surface area (Å²) in [5.74, 6) is 0.243. The largest absolute Gasteiger partial charge is 0.461 e. The van der Waals surface area contributed by atoms with E-state index in [-0.39, 0.29) is 36.1 Å². The highest BCUT2D eigenvalue weighted by Gasteiger charge is 2.74. The number of Topliss-reactive ketones (excluding diaryl/α,β-unsaturated/α-hetero) is 1. The number of furan rings is 1. The lowest BCUT2D eigenvalue weighted by Crippen LogP contribution is -2.67. The van der Waals surface area contributed by atoms with Gasteiger partial charge in [-0.15, -0.1) is 0 Å². The average Bonchev–Trinajstić information content (AvgIpc) is 3.67. The van der Waals surface area contributed by atoms with Gasteiger partial charge in [0.05, 0.1) is 24.2 Å². The number of hydrogen-bond donors (Lipinski definition) is 2. The first-order valence-corrected chi connectivity index (χ1v) is 19.0. The van der Waals surface area contributed by atoms with Gasteiger partial charge in [0.15, 0.2) is 5.76 Å². The molecule has 0 amide bonds. The monoisotopic (exact) mass is 655 g/mol. The first-order valence-electron chi connectivity index (χ1n) is 17.1. The van der Waals surface area contributed by atoms with Crippen LogP contribution >= 0.6 is 0 Å². The lowest BCUT2D eigenvalue weighted by Gasteiger charge is -2.71. The van der Waals surface area contributed by atoms with Crippen LogP contribution in [0.3, 0.4) is 0 Å². The third-order valence-corrected chi connectivity index (χ3v) is 15.0. The van der Waals surface area contributed by atoms with Crippen LogP contribution < -0.4 is 0 Å². The van der Waals surface area contributed by atoms with Gasteiger partial charge in [-0.2, -0.15) is 4.31 Å². The smallest absolute Gasteiger partial charge is 0.224 e. The second-order valence-electron chi connectivity index (χ2n) is 15.8. The summed E-state index contributed by atoms with van der Waals surface area (Å²) >= 11 is 0. The third kappa shape index (κ3) is 4.20. The standard InChI is InChI=1S/C39H45NO6S/c1-35-16-13-28(41)22-37(35)19-20-39(30(23-37)34(42)31-12-7-21-46-31)32(35)14-17-36(2)33(39)15-18-38(36,43)25-40(47(3,44)45)24-27-10-6-9-26-8-4-5-11-29(26)27/h4-12,19-21,23,28,32-33,41,43H,13-18,22,24-25H2,1-3H3. The molecule has 9 rings (SSSR count). The molecule has 0 aliphatic heterocycles. The molecule has 2 aromatic carbocycles. The Morgan fingerprint density at radius 1 is 0.936 bits per heavy atom. The van der Waals surface area contributed by atoms with E-state index in [0.29, 0.717) is 25.0 Å². The van der Waals surface area contributed by atoms with Crippen molar-refractivity contribution >= 4 is 26.6 Å². The number of sulfonamides is 1. The molecule has 248 valence electrons. The Bertz CT molecular complexity index is 1930. The van der Waals surface area contributed by atoms with Gasteiger partial charge in [-0.3, -0.25) is 4.79 Å². The van der Waals surface area contributed by atoms with Crippen molar-refractivity contribution in [2.45, 2.75) is 77.0 Å². The van der Waals surface area contributed by atoms with Crippen molar-refractivity contribution in [2.75, 3.05) is 12.8 Å². The number of benzene rings is 2. The number of allylic oxidation sites excluding steroid dienone is 4. The summed E-state index contributed by atoms with van der Waals surface area (Å²) in [7, 11) is -3.69. The van der Waals surface area contributed by atoms with E-state index in [1.54, 1.807) is 12.1 Å². The number of ketones is 1. The molecule has 3 aromatic rings. The Kier molecular flexibility index (Phi) is 6.80. The van der Waals surface area contributed by atoms with Crippen LogP contribution in [0.25, 0.3) is 10.8 Å². The molecule has 6 aliphatic rings. The topological polar surface area (TPSA) is 108 Å². The molecule has 3 fully saturated rings. The van der Waals surface area contributed by atoms with Crippen molar-refractivity contribution in [3.8, 4) is 0 Å². The van der Waals surface area contributed by atoms with Crippen molar-refractivity contribution in [1.29, 1.82) is 0 Å². The van der Waals surface area contributed by atoms with E-state index < -0.39 is 38.0 Å².